The highest BCUT2D eigenvalue weighted by Crippen LogP contribution is 2.25. The Kier molecular flexibility index (Phi) is 5.93. The zero-order chi connectivity index (χ0) is 16.2. The summed E-state index contributed by atoms with van der Waals surface area (Å²) in [6, 6.07) is 11.3. The van der Waals surface area contributed by atoms with Crippen LogP contribution >= 0.6 is 12.4 Å². The Bertz CT molecular complexity index is 734. The maximum atomic E-state index is 12.3. The van der Waals surface area contributed by atoms with E-state index in [1.54, 1.807) is 14.2 Å². The van der Waals surface area contributed by atoms with Crippen LogP contribution in [0.25, 0.3) is 0 Å². The lowest BCUT2D eigenvalue weighted by Gasteiger charge is -2.12. The molecule has 6 heteroatoms. The molecule has 2 aromatic rings. The van der Waals surface area contributed by atoms with Gasteiger partial charge in [0.15, 0.2) is 0 Å². The summed E-state index contributed by atoms with van der Waals surface area (Å²) in [5.74, 6) is 1.34. The quantitative estimate of drug-likeness (QED) is 0.872. The Morgan fingerprint density at radius 2 is 2.00 bits per heavy atom. The zero-order valence-electron chi connectivity index (χ0n) is 13.7. The molecule has 0 spiro atoms. The van der Waals surface area contributed by atoms with Crippen LogP contribution in [0, 0.1) is 0 Å². The smallest absolute Gasteiger partial charge is 0.251 e. The number of amides is 1. The second kappa shape index (κ2) is 7.93. The van der Waals surface area contributed by atoms with Gasteiger partial charge in [-0.05, 0) is 42.3 Å². The molecule has 0 atom stereocenters. The van der Waals surface area contributed by atoms with Crippen molar-refractivity contribution in [3.63, 3.8) is 0 Å². The highest BCUT2D eigenvalue weighted by molar-refractivity contribution is 5.95. The van der Waals surface area contributed by atoms with Crippen LogP contribution in [-0.2, 0) is 13.0 Å². The Labute approximate surface area is 147 Å². The predicted molar refractivity (Wildman–Crippen MR) is 96.6 cm³/mol. The number of carbonyl (C=O) groups is 1. The van der Waals surface area contributed by atoms with E-state index in [2.05, 4.69) is 10.6 Å². The largest absolute Gasteiger partial charge is 0.497 e. The number of halogens is 1. The Hall–Kier alpha value is -2.40. The molecule has 0 unspecified atom stereocenters. The van der Waals surface area contributed by atoms with Crippen molar-refractivity contribution in [3.8, 4) is 11.5 Å². The van der Waals surface area contributed by atoms with Gasteiger partial charge in [0.05, 0.1) is 14.2 Å². The van der Waals surface area contributed by atoms with E-state index < -0.39 is 0 Å². The zero-order valence-corrected chi connectivity index (χ0v) is 14.5. The lowest BCUT2D eigenvalue weighted by molar-refractivity contribution is 0.0950. The fourth-order valence-electron chi connectivity index (χ4n) is 2.72. The van der Waals surface area contributed by atoms with Crippen molar-refractivity contribution in [1.82, 2.24) is 5.32 Å². The number of ether oxygens (including phenoxy) is 2. The molecule has 0 bridgehead atoms. The van der Waals surface area contributed by atoms with Crippen molar-refractivity contribution in [2.24, 2.45) is 0 Å². The number of hydrogen-bond acceptors (Lipinski definition) is 4. The number of carbonyl (C=O) groups excluding carboxylic acids is 1. The van der Waals surface area contributed by atoms with Crippen LogP contribution < -0.4 is 20.1 Å². The van der Waals surface area contributed by atoms with E-state index in [1.807, 2.05) is 36.4 Å². The molecule has 0 aliphatic carbocycles. The van der Waals surface area contributed by atoms with Gasteiger partial charge in [0.1, 0.15) is 11.5 Å². The van der Waals surface area contributed by atoms with Crippen molar-refractivity contribution in [3.05, 3.63) is 53.1 Å². The molecule has 2 N–H and O–H groups in total. The van der Waals surface area contributed by atoms with Crippen LogP contribution in [0.2, 0.25) is 0 Å². The third kappa shape index (κ3) is 3.74. The molecular formula is C18H21ClN2O3. The maximum absolute atomic E-state index is 12.3. The van der Waals surface area contributed by atoms with E-state index in [0.717, 1.165) is 30.0 Å². The molecule has 1 heterocycles. The van der Waals surface area contributed by atoms with Crippen LogP contribution in [0.3, 0.4) is 0 Å². The molecule has 3 rings (SSSR count). The molecule has 24 heavy (non-hydrogen) atoms. The van der Waals surface area contributed by atoms with Gasteiger partial charge in [-0.25, -0.2) is 0 Å². The van der Waals surface area contributed by atoms with Gasteiger partial charge in [0, 0.05) is 36.0 Å². The van der Waals surface area contributed by atoms with Crippen LogP contribution in [-0.4, -0.2) is 26.7 Å². The molecule has 1 aliphatic heterocycles. The minimum absolute atomic E-state index is 0. The van der Waals surface area contributed by atoms with E-state index >= 15 is 0 Å². The first-order valence-corrected chi connectivity index (χ1v) is 7.57. The first-order chi connectivity index (χ1) is 11.2. The molecule has 128 valence electrons. The number of rotatable bonds is 5. The second-order valence-electron chi connectivity index (χ2n) is 5.41. The SMILES string of the molecule is COc1ccc(CNC(=O)c2ccc3c(c2)CCN3)c(OC)c1.Cl. The van der Waals surface area contributed by atoms with Gasteiger partial charge in [0.2, 0.25) is 0 Å². The van der Waals surface area contributed by atoms with Gasteiger partial charge in [-0.2, -0.15) is 0 Å². The van der Waals surface area contributed by atoms with Gasteiger partial charge in [-0.15, -0.1) is 12.4 Å². The average molecular weight is 349 g/mol. The van der Waals surface area contributed by atoms with Gasteiger partial charge in [-0.1, -0.05) is 0 Å². The molecule has 0 fully saturated rings. The van der Waals surface area contributed by atoms with Gasteiger partial charge in [-0.3, -0.25) is 4.79 Å². The predicted octanol–water partition coefficient (Wildman–Crippen LogP) is 3.02. The van der Waals surface area contributed by atoms with Crippen molar-refractivity contribution in [2.75, 3.05) is 26.1 Å². The lowest BCUT2D eigenvalue weighted by atomic mass is 10.1. The minimum atomic E-state index is -0.0856. The summed E-state index contributed by atoms with van der Waals surface area (Å²) in [6.45, 7) is 1.34. The van der Waals surface area contributed by atoms with Gasteiger partial charge >= 0.3 is 0 Å². The van der Waals surface area contributed by atoms with E-state index in [4.69, 9.17) is 9.47 Å². The first kappa shape index (κ1) is 17.9. The van der Waals surface area contributed by atoms with Crippen molar-refractivity contribution in [2.45, 2.75) is 13.0 Å². The van der Waals surface area contributed by atoms with Gasteiger partial charge < -0.3 is 20.1 Å². The topological polar surface area (TPSA) is 59.6 Å². The molecule has 0 aromatic heterocycles. The summed E-state index contributed by atoms with van der Waals surface area (Å²) in [5.41, 5.74) is 3.91. The number of nitrogens with one attached hydrogen (secondary N) is 2. The number of hydrogen-bond donors (Lipinski definition) is 2. The number of methoxy groups -OCH3 is 2. The summed E-state index contributed by atoms with van der Waals surface area (Å²) in [4.78, 5) is 12.3. The molecule has 0 saturated carbocycles. The van der Waals surface area contributed by atoms with Crippen LogP contribution in [0.4, 0.5) is 5.69 Å². The summed E-state index contributed by atoms with van der Waals surface area (Å²) < 4.78 is 10.5. The minimum Gasteiger partial charge on any atom is -0.497 e. The fraction of sp³-hybridized carbons (Fsp3) is 0.278. The summed E-state index contributed by atoms with van der Waals surface area (Å²) in [5, 5.41) is 6.23. The van der Waals surface area contributed by atoms with Crippen molar-refractivity contribution < 1.29 is 14.3 Å². The number of fused-ring (bicyclic) bond motifs is 1. The lowest BCUT2D eigenvalue weighted by Crippen LogP contribution is -2.23. The number of benzene rings is 2. The Balaban J connectivity index is 0.00000208. The molecule has 5 nitrogen and oxygen atoms in total. The summed E-state index contributed by atoms with van der Waals surface area (Å²) in [7, 11) is 3.21. The van der Waals surface area contributed by atoms with Crippen LogP contribution in [0.5, 0.6) is 11.5 Å². The maximum Gasteiger partial charge on any atom is 0.251 e. The Morgan fingerprint density at radius 3 is 2.75 bits per heavy atom. The van der Waals surface area contributed by atoms with E-state index in [1.165, 1.54) is 5.56 Å². The number of anilines is 1. The third-order valence-electron chi connectivity index (χ3n) is 4.01. The summed E-state index contributed by atoms with van der Waals surface area (Å²) >= 11 is 0. The Morgan fingerprint density at radius 1 is 1.17 bits per heavy atom. The summed E-state index contributed by atoms with van der Waals surface area (Å²) in [6.07, 6.45) is 0.961. The third-order valence-corrected chi connectivity index (χ3v) is 4.01. The molecule has 2 aromatic carbocycles. The second-order valence-corrected chi connectivity index (χ2v) is 5.41. The average Bonchev–Trinajstić information content (AvgIpc) is 3.07. The van der Waals surface area contributed by atoms with Crippen molar-refractivity contribution in [1.29, 1.82) is 0 Å². The molecule has 0 radical (unpaired) electrons. The molecule has 1 amide bonds. The van der Waals surface area contributed by atoms with E-state index in [9.17, 15) is 4.79 Å². The highest BCUT2D eigenvalue weighted by Gasteiger charge is 2.14. The molecular weight excluding hydrogens is 328 g/mol. The van der Waals surface area contributed by atoms with Crippen LogP contribution in [0.1, 0.15) is 21.5 Å². The first-order valence-electron chi connectivity index (χ1n) is 7.57. The molecule has 0 saturated heterocycles. The normalized spacial score (nSPS) is 11.8. The monoisotopic (exact) mass is 348 g/mol. The van der Waals surface area contributed by atoms with Crippen LogP contribution in [0.15, 0.2) is 36.4 Å². The van der Waals surface area contributed by atoms with E-state index in [-0.39, 0.29) is 18.3 Å². The van der Waals surface area contributed by atoms with Gasteiger partial charge in [0.25, 0.3) is 5.91 Å². The van der Waals surface area contributed by atoms with Crippen molar-refractivity contribution >= 4 is 24.0 Å². The fourth-order valence-corrected chi connectivity index (χ4v) is 2.72. The highest BCUT2D eigenvalue weighted by atomic mass is 35.5. The standard InChI is InChI=1S/C18H20N2O3.ClH/c1-22-15-5-3-14(17(10-15)23-2)11-20-18(21)13-4-6-16-12(9-13)7-8-19-16;/h3-6,9-10,19H,7-8,11H2,1-2H3,(H,20,21);1H. The van der Waals surface area contributed by atoms with E-state index in [0.29, 0.717) is 17.9 Å². The molecule has 1 aliphatic rings.